The molecule has 0 aromatic carbocycles. The molecule has 0 aliphatic heterocycles. The summed E-state index contributed by atoms with van der Waals surface area (Å²) in [6, 6.07) is 0. The van der Waals surface area contributed by atoms with Crippen LogP contribution in [-0.2, 0) is 11.2 Å². The van der Waals surface area contributed by atoms with Gasteiger partial charge in [0.15, 0.2) is 0 Å². The van der Waals surface area contributed by atoms with Gasteiger partial charge in [-0.3, -0.25) is 9.78 Å². The molecule has 2 rings (SSSR count). The molecule has 1 aromatic rings. The Kier molecular flexibility index (Phi) is 4.28. The van der Waals surface area contributed by atoms with Gasteiger partial charge < -0.3 is 0 Å². The highest BCUT2D eigenvalue weighted by Gasteiger charge is 2.51. The second-order valence-electron chi connectivity index (χ2n) is 7.28. The zero-order valence-corrected chi connectivity index (χ0v) is 14.6. The molecule has 0 amide bonds. The van der Waals surface area contributed by atoms with Crippen molar-refractivity contribution in [3.8, 4) is 0 Å². The predicted molar refractivity (Wildman–Crippen MR) is 87.8 cm³/mol. The minimum atomic E-state index is -0.0382. The van der Waals surface area contributed by atoms with Crippen molar-refractivity contribution in [3.63, 3.8) is 0 Å². The number of Topliss-reactive ketones (excluding diaryl/α,β-unsaturated/α-hetero) is 1. The fraction of sp³-hybridized carbons (Fsp3) is 0.684. The van der Waals surface area contributed by atoms with Gasteiger partial charge in [-0.1, -0.05) is 20.8 Å². The van der Waals surface area contributed by atoms with Crippen LogP contribution in [0.25, 0.3) is 0 Å². The van der Waals surface area contributed by atoms with Gasteiger partial charge in [0.05, 0.1) is 0 Å². The summed E-state index contributed by atoms with van der Waals surface area (Å²) in [6.45, 7) is 14.9. The highest BCUT2D eigenvalue weighted by molar-refractivity contribution is 5.85. The van der Waals surface area contributed by atoms with E-state index in [1.165, 1.54) is 22.4 Å². The van der Waals surface area contributed by atoms with Crippen molar-refractivity contribution < 1.29 is 4.79 Å². The van der Waals surface area contributed by atoms with Gasteiger partial charge in [0.25, 0.3) is 0 Å². The number of hydrogen-bond donors (Lipinski definition) is 0. The lowest BCUT2D eigenvalue weighted by molar-refractivity contribution is -0.123. The van der Waals surface area contributed by atoms with Gasteiger partial charge in [-0.25, -0.2) is 0 Å². The van der Waals surface area contributed by atoms with Gasteiger partial charge in [-0.05, 0) is 75.5 Å². The third-order valence-corrected chi connectivity index (χ3v) is 5.61. The molecule has 1 aromatic heterocycles. The summed E-state index contributed by atoms with van der Waals surface area (Å²) >= 11 is 0. The summed E-state index contributed by atoms with van der Waals surface area (Å²) in [5.41, 5.74) is 6.38. The Balaban J connectivity index is 2.33. The predicted octanol–water partition coefficient (Wildman–Crippen LogP) is 4.68. The smallest absolute Gasteiger partial charge is 0.136 e. The Bertz CT molecular complexity index is 567. The standard InChI is InChI=1S/C19H29NO/c1-11(2)18-14(5)13(4)17(15(6)20-18)10-12(3)19(8-9-19)16(7)21/h11-12H,8-10H2,1-7H3. The average Bonchev–Trinajstić information content (AvgIpc) is 3.19. The van der Waals surface area contributed by atoms with E-state index in [2.05, 4.69) is 41.5 Å². The van der Waals surface area contributed by atoms with Crippen LogP contribution in [-0.4, -0.2) is 10.8 Å². The minimum absolute atomic E-state index is 0.0382. The molecule has 116 valence electrons. The number of pyridine rings is 1. The van der Waals surface area contributed by atoms with Gasteiger partial charge in [0, 0.05) is 16.8 Å². The number of nitrogens with zero attached hydrogens (tertiary/aromatic N) is 1. The maximum atomic E-state index is 11.9. The molecular weight excluding hydrogens is 258 g/mol. The van der Waals surface area contributed by atoms with Gasteiger partial charge in [-0.2, -0.15) is 0 Å². The maximum Gasteiger partial charge on any atom is 0.136 e. The van der Waals surface area contributed by atoms with Crippen LogP contribution >= 0.6 is 0 Å². The Morgan fingerprint density at radius 2 is 1.71 bits per heavy atom. The van der Waals surface area contributed by atoms with E-state index < -0.39 is 0 Å². The van der Waals surface area contributed by atoms with Gasteiger partial charge in [0.2, 0.25) is 0 Å². The average molecular weight is 287 g/mol. The largest absolute Gasteiger partial charge is 0.299 e. The van der Waals surface area contributed by atoms with Gasteiger partial charge in [0.1, 0.15) is 5.78 Å². The first-order valence-corrected chi connectivity index (χ1v) is 8.18. The summed E-state index contributed by atoms with van der Waals surface area (Å²) in [7, 11) is 0. The summed E-state index contributed by atoms with van der Waals surface area (Å²) in [6.07, 6.45) is 3.11. The molecule has 0 radical (unpaired) electrons. The van der Waals surface area contributed by atoms with E-state index in [0.717, 1.165) is 25.0 Å². The Hall–Kier alpha value is -1.18. The maximum absolute atomic E-state index is 11.9. The first-order valence-electron chi connectivity index (χ1n) is 8.18. The first-order chi connectivity index (χ1) is 9.70. The zero-order valence-electron chi connectivity index (χ0n) is 14.6. The zero-order chi connectivity index (χ0) is 15.9. The number of aryl methyl sites for hydroxylation is 1. The van der Waals surface area contributed by atoms with E-state index in [4.69, 9.17) is 4.98 Å². The van der Waals surface area contributed by atoms with Crippen LogP contribution in [0, 0.1) is 32.1 Å². The Morgan fingerprint density at radius 3 is 2.14 bits per heavy atom. The third kappa shape index (κ3) is 2.77. The highest BCUT2D eigenvalue weighted by Crippen LogP contribution is 2.53. The quantitative estimate of drug-likeness (QED) is 0.787. The lowest BCUT2D eigenvalue weighted by Gasteiger charge is -2.24. The first kappa shape index (κ1) is 16.2. The van der Waals surface area contributed by atoms with Gasteiger partial charge in [-0.15, -0.1) is 0 Å². The molecule has 1 aliphatic carbocycles. The molecular formula is C19H29NO. The number of carbonyl (C=O) groups is 1. The van der Waals surface area contributed by atoms with Crippen molar-refractivity contribution >= 4 is 5.78 Å². The molecule has 2 nitrogen and oxygen atoms in total. The monoisotopic (exact) mass is 287 g/mol. The topological polar surface area (TPSA) is 30.0 Å². The molecule has 0 N–H and O–H groups in total. The second kappa shape index (κ2) is 5.55. The molecule has 0 spiro atoms. The lowest BCUT2D eigenvalue weighted by atomic mass is 9.81. The van der Waals surface area contributed by atoms with Crippen molar-refractivity contribution in [1.29, 1.82) is 0 Å². The SMILES string of the molecule is CC(=O)C1(C(C)Cc2c(C)nc(C(C)C)c(C)c2C)CC1. The van der Waals surface area contributed by atoms with E-state index in [0.29, 0.717) is 17.6 Å². The van der Waals surface area contributed by atoms with Crippen LogP contribution in [0.4, 0.5) is 0 Å². The van der Waals surface area contributed by atoms with Crippen LogP contribution in [0.2, 0.25) is 0 Å². The molecule has 1 unspecified atom stereocenters. The minimum Gasteiger partial charge on any atom is -0.299 e. The van der Waals surface area contributed by atoms with E-state index in [1.807, 2.05) is 0 Å². The van der Waals surface area contributed by atoms with Crippen molar-refractivity contribution in [3.05, 3.63) is 28.1 Å². The third-order valence-electron chi connectivity index (χ3n) is 5.61. The van der Waals surface area contributed by atoms with E-state index >= 15 is 0 Å². The van der Waals surface area contributed by atoms with Crippen LogP contribution in [0.3, 0.4) is 0 Å². The summed E-state index contributed by atoms with van der Waals surface area (Å²) < 4.78 is 0. The van der Waals surface area contributed by atoms with E-state index in [1.54, 1.807) is 6.92 Å². The van der Waals surface area contributed by atoms with Crippen molar-refractivity contribution in [2.24, 2.45) is 11.3 Å². The summed E-state index contributed by atoms with van der Waals surface area (Å²) in [4.78, 5) is 16.8. The molecule has 2 heteroatoms. The lowest BCUT2D eigenvalue weighted by Crippen LogP contribution is -2.24. The molecule has 1 fully saturated rings. The molecule has 1 heterocycles. The van der Waals surface area contributed by atoms with Crippen LogP contribution < -0.4 is 0 Å². The molecule has 1 aliphatic rings. The second-order valence-corrected chi connectivity index (χ2v) is 7.28. The molecule has 0 saturated heterocycles. The van der Waals surface area contributed by atoms with Crippen LogP contribution in [0.1, 0.15) is 74.5 Å². The molecule has 1 saturated carbocycles. The summed E-state index contributed by atoms with van der Waals surface area (Å²) in [5.74, 6) is 1.24. The van der Waals surface area contributed by atoms with E-state index in [-0.39, 0.29) is 5.41 Å². The normalized spacial score (nSPS) is 17.9. The fourth-order valence-corrected chi connectivity index (χ4v) is 3.71. The highest BCUT2D eigenvalue weighted by atomic mass is 16.1. The van der Waals surface area contributed by atoms with Gasteiger partial charge >= 0.3 is 0 Å². The van der Waals surface area contributed by atoms with Crippen molar-refractivity contribution in [2.45, 2.75) is 73.6 Å². The van der Waals surface area contributed by atoms with Crippen LogP contribution in [0.15, 0.2) is 0 Å². The van der Waals surface area contributed by atoms with E-state index in [9.17, 15) is 4.79 Å². The summed E-state index contributed by atoms with van der Waals surface area (Å²) in [5, 5.41) is 0. The Morgan fingerprint density at radius 1 is 1.14 bits per heavy atom. The molecule has 1 atom stereocenters. The number of carbonyl (C=O) groups excluding carboxylic acids is 1. The van der Waals surface area contributed by atoms with Crippen LogP contribution in [0.5, 0.6) is 0 Å². The fourth-order valence-electron chi connectivity index (χ4n) is 3.71. The Labute approximate surface area is 129 Å². The number of ketones is 1. The number of aromatic nitrogens is 1. The number of rotatable bonds is 5. The number of hydrogen-bond acceptors (Lipinski definition) is 2. The molecule has 0 bridgehead atoms. The van der Waals surface area contributed by atoms with Crippen molar-refractivity contribution in [1.82, 2.24) is 4.98 Å². The molecule has 21 heavy (non-hydrogen) atoms. The van der Waals surface area contributed by atoms with Crippen molar-refractivity contribution in [2.75, 3.05) is 0 Å².